The molecule has 0 aliphatic carbocycles. The normalized spacial score (nSPS) is 19.7. The van der Waals surface area contributed by atoms with Gasteiger partial charge in [0.2, 0.25) is 0 Å². The molecule has 4 heteroatoms. The molecule has 2 heterocycles. The molecule has 0 spiro atoms. The fourth-order valence-electron chi connectivity index (χ4n) is 4.16. The van der Waals surface area contributed by atoms with Gasteiger partial charge in [-0.05, 0) is 79.8 Å². The van der Waals surface area contributed by atoms with Crippen LogP contribution in [0, 0.1) is 24.8 Å². The number of hydrogen-bond acceptors (Lipinski definition) is 3. The maximum Gasteiger partial charge on any atom is 0.265 e. The van der Waals surface area contributed by atoms with E-state index >= 15 is 0 Å². The second-order valence-electron chi connectivity index (χ2n) is 8.09. The van der Waals surface area contributed by atoms with Crippen LogP contribution in [0.1, 0.15) is 36.5 Å². The molecule has 154 valence electrons. The number of allylic oxidation sites excluding steroid dienone is 3. The summed E-state index contributed by atoms with van der Waals surface area (Å²) >= 11 is 0. The first-order valence-corrected chi connectivity index (χ1v) is 10.6. The van der Waals surface area contributed by atoms with Crippen molar-refractivity contribution in [2.75, 3.05) is 11.4 Å². The molecule has 0 N–H and O–H groups in total. The topological polar surface area (TPSA) is 40.6 Å². The zero-order chi connectivity index (χ0) is 21.8. The zero-order valence-electron chi connectivity index (χ0n) is 17.9. The molecular formula is C27H25N3O. The van der Waals surface area contributed by atoms with Gasteiger partial charge in [0, 0.05) is 24.3 Å². The number of nitrogens with zero attached hydrogens (tertiary/aromatic N) is 3. The minimum atomic E-state index is -0.0589. The molecule has 0 aromatic heterocycles. The van der Waals surface area contributed by atoms with Gasteiger partial charge in [-0.25, -0.2) is 10.1 Å². The van der Waals surface area contributed by atoms with Crippen molar-refractivity contribution in [1.82, 2.24) is 0 Å². The lowest BCUT2D eigenvalue weighted by Crippen LogP contribution is -2.24. The molecule has 0 bridgehead atoms. The van der Waals surface area contributed by atoms with Crippen molar-refractivity contribution < 1.29 is 4.74 Å². The van der Waals surface area contributed by atoms with Crippen LogP contribution < -0.4 is 4.90 Å². The molecule has 0 radical (unpaired) electrons. The summed E-state index contributed by atoms with van der Waals surface area (Å²) in [5, 5.41) is 9.17. The van der Waals surface area contributed by atoms with Crippen LogP contribution in [0.15, 0.2) is 71.6 Å². The van der Waals surface area contributed by atoms with E-state index in [1.54, 1.807) is 0 Å². The second-order valence-corrected chi connectivity index (χ2v) is 8.09. The van der Waals surface area contributed by atoms with Gasteiger partial charge < -0.3 is 9.64 Å². The molecule has 4 rings (SSSR count). The van der Waals surface area contributed by atoms with E-state index in [2.05, 4.69) is 59.1 Å². The molecule has 0 amide bonds. The molecule has 1 atom stereocenters. The van der Waals surface area contributed by atoms with Crippen molar-refractivity contribution in [3.8, 4) is 6.07 Å². The van der Waals surface area contributed by atoms with Gasteiger partial charge in [-0.2, -0.15) is 0 Å². The maximum absolute atomic E-state index is 9.17. The highest BCUT2D eigenvalue weighted by Crippen LogP contribution is 2.34. The Morgan fingerprint density at radius 1 is 1.23 bits per heavy atom. The number of anilines is 2. The van der Waals surface area contributed by atoms with Crippen molar-refractivity contribution in [3.63, 3.8) is 0 Å². The van der Waals surface area contributed by atoms with E-state index < -0.39 is 0 Å². The van der Waals surface area contributed by atoms with Gasteiger partial charge >= 0.3 is 0 Å². The highest BCUT2D eigenvalue weighted by atomic mass is 16.5. The summed E-state index contributed by atoms with van der Waals surface area (Å²) in [7, 11) is 0. The fraction of sp³-hybridized carbons (Fsp3) is 0.259. The fourth-order valence-corrected chi connectivity index (χ4v) is 4.16. The molecule has 31 heavy (non-hydrogen) atoms. The molecule has 2 aromatic rings. The van der Waals surface area contributed by atoms with Gasteiger partial charge in [0.25, 0.3) is 5.70 Å². The van der Waals surface area contributed by atoms with E-state index in [1.165, 1.54) is 22.5 Å². The maximum atomic E-state index is 9.17. The van der Waals surface area contributed by atoms with E-state index in [-0.39, 0.29) is 11.8 Å². The average molecular weight is 408 g/mol. The molecule has 0 saturated heterocycles. The number of rotatable bonds is 3. The summed E-state index contributed by atoms with van der Waals surface area (Å²) in [6, 6.07) is 17.3. The molecule has 0 fully saturated rings. The van der Waals surface area contributed by atoms with Crippen molar-refractivity contribution in [1.29, 1.82) is 5.26 Å². The van der Waals surface area contributed by atoms with Gasteiger partial charge in [0.05, 0.1) is 18.7 Å². The monoisotopic (exact) mass is 407 g/mol. The van der Waals surface area contributed by atoms with Gasteiger partial charge in [0.1, 0.15) is 5.76 Å². The van der Waals surface area contributed by atoms with Crippen LogP contribution >= 0.6 is 0 Å². The van der Waals surface area contributed by atoms with Crippen LogP contribution in [-0.2, 0) is 11.2 Å². The van der Waals surface area contributed by atoms with E-state index in [0.717, 1.165) is 30.5 Å². The van der Waals surface area contributed by atoms with Gasteiger partial charge in [-0.3, -0.25) is 0 Å². The Balaban J connectivity index is 1.59. The van der Waals surface area contributed by atoms with Crippen LogP contribution in [0.5, 0.6) is 0 Å². The number of fused-ring (bicyclic) bond motifs is 1. The summed E-state index contributed by atoms with van der Waals surface area (Å²) in [4.78, 5) is 5.74. The smallest absolute Gasteiger partial charge is 0.265 e. The minimum absolute atomic E-state index is 0.0589. The highest BCUT2D eigenvalue weighted by molar-refractivity contribution is 5.70. The number of nitriles is 1. The highest BCUT2D eigenvalue weighted by Gasteiger charge is 2.19. The van der Waals surface area contributed by atoms with Gasteiger partial charge in [-0.15, -0.1) is 0 Å². The largest absolute Gasteiger partial charge is 0.490 e. The van der Waals surface area contributed by atoms with Crippen molar-refractivity contribution >= 4 is 17.5 Å². The summed E-state index contributed by atoms with van der Waals surface area (Å²) in [6.07, 6.45) is 8.49. The Hall–Kier alpha value is -3.76. The Morgan fingerprint density at radius 2 is 2.03 bits per heavy atom. The predicted molar refractivity (Wildman–Crippen MR) is 124 cm³/mol. The first-order valence-electron chi connectivity index (χ1n) is 10.6. The third kappa shape index (κ3) is 4.55. The predicted octanol–water partition coefficient (Wildman–Crippen LogP) is 6.48. The quantitative estimate of drug-likeness (QED) is 0.432. The minimum Gasteiger partial charge on any atom is -0.490 e. The van der Waals surface area contributed by atoms with E-state index in [4.69, 9.17) is 11.3 Å². The third-order valence-electron chi connectivity index (χ3n) is 5.69. The summed E-state index contributed by atoms with van der Waals surface area (Å²) in [5.74, 6) is 0.684. The summed E-state index contributed by atoms with van der Waals surface area (Å²) in [6.45, 7) is 12.3. The summed E-state index contributed by atoms with van der Waals surface area (Å²) in [5.41, 5.74) is 7.13. The lowest BCUT2D eigenvalue weighted by Gasteiger charge is -2.31. The lowest BCUT2D eigenvalue weighted by atomic mass is 9.98. The standard InChI is InChI=1S/C27H25N3O/c1-19-6-10-24(11-7-19)30-14-4-5-22-16-21(9-13-27(22)30)8-12-25-17-23(15-20(2)31-25)26(18-28)29-3/h6-13,16-17,20H,4-5,14-15H2,1-2H3/b12-8+,26-23-. The van der Waals surface area contributed by atoms with Crippen molar-refractivity contribution in [2.24, 2.45) is 0 Å². The number of aryl methyl sites for hydroxylation is 2. The molecule has 4 nitrogen and oxygen atoms in total. The summed E-state index contributed by atoms with van der Waals surface area (Å²) < 4.78 is 5.89. The first kappa shape index (κ1) is 20.5. The van der Waals surface area contributed by atoms with Crippen LogP contribution in [0.3, 0.4) is 0 Å². The molecule has 0 saturated carbocycles. The molecular weight excluding hydrogens is 382 g/mol. The van der Waals surface area contributed by atoms with E-state index in [1.807, 2.05) is 31.2 Å². The Labute approximate surface area is 184 Å². The van der Waals surface area contributed by atoms with Crippen molar-refractivity contribution in [3.05, 3.63) is 99.8 Å². The second kappa shape index (κ2) is 8.94. The Morgan fingerprint density at radius 3 is 2.77 bits per heavy atom. The van der Waals surface area contributed by atoms with Crippen LogP contribution in [0.4, 0.5) is 11.4 Å². The van der Waals surface area contributed by atoms with Crippen LogP contribution in [0.2, 0.25) is 0 Å². The SMILES string of the molecule is [C-]#[N+]/C(C#N)=C1C=C(/C=C/c2ccc3c(c2)CCCN3c2ccc(C)cc2)OC(C)C\1. The Bertz CT molecular complexity index is 1140. The average Bonchev–Trinajstić information content (AvgIpc) is 2.78. The first-order chi connectivity index (χ1) is 15.1. The number of ether oxygens (including phenoxy) is 1. The molecule has 2 aliphatic rings. The van der Waals surface area contributed by atoms with Crippen molar-refractivity contribution in [2.45, 2.75) is 39.2 Å². The number of hydrogen-bond donors (Lipinski definition) is 0. The third-order valence-corrected chi connectivity index (χ3v) is 5.69. The molecule has 2 aromatic carbocycles. The number of benzene rings is 2. The molecule has 2 aliphatic heterocycles. The lowest BCUT2D eigenvalue weighted by molar-refractivity contribution is 0.133. The van der Waals surface area contributed by atoms with Crippen LogP contribution in [0.25, 0.3) is 10.9 Å². The van der Waals surface area contributed by atoms with Crippen LogP contribution in [-0.4, -0.2) is 12.6 Å². The van der Waals surface area contributed by atoms with E-state index in [0.29, 0.717) is 12.2 Å². The zero-order valence-corrected chi connectivity index (χ0v) is 17.9. The van der Waals surface area contributed by atoms with Gasteiger partial charge in [0.15, 0.2) is 0 Å². The van der Waals surface area contributed by atoms with E-state index in [9.17, 15) is 5.26 Å². The van der Waals surface area contributed by atoms with Gasteiger partial charge in [-0.1, -0.05) is 29.8 Å². The Kier molecular flexibility index (Phi) is 5.92. The molecule has 1 unspecified atom stereocenters.